The third-order valence-corrected chi connectivity index (χ3v) is 4.31. The highest BCUT2D eigenvalue weighted by atomic mass is 32.1. The lowest BCUT2D eigenvalue weighted by molar-refractivity contribution is -0.129. The van der Waals surface area contributed by atoms with Gasteiger partial charge in [-0.25, -0.2) is 14.7 Å². The number of aryl methyl sites for hydroxylation is 1. The SMILES string of the molecule is Cc1nc2ccc(NCN3C(=O)NC(C)(C)C3=O)cc2s1. The van der Waals surface area contributed by atoms with Crippen LogP contribution in [0.5, 0.6) is 0 Å². The molecule has 0 atom stereocenters. The van der Waals surface area contributed by atoms with Crippen LogP contribution in [-0.4, -0.2) is 34.0 Å². The highest BCUT2D eigenvalue weighted by Crippen LogP contribution is 2.25. The van der Waals surface area contributed by atoms with E-state index in [2.05, 4.69) is 15.6 Å². The van der Waals surface area contributed by atoms with Crippen LogP contribution in [0, 0.1) is 6.92 Å². The number of aromatic nitrogens is 1. The molecule has 21 heavy (non-hydrogen) atoms. The Morgan fingerprint density at radius 1 is 1.38 bits per heavy atom. The molecule has 3 rings (SSSR count). The number of carbonyl (C=O) groups is 2. The second kappa shape index (κ2) is 4.70. The zero-order valence-corrected chi connectivity index (χ0v) is 12.9. The molecule has 110 valence electrons. The molecule has 2 aromatic rings. The van der Waals surface area contributed by atoms with Gasteiger partial charge in [0.1, 0.15) is 5.54 Å². The third-order valence-electron chi connectivity index (χ3n) is 3.38. The van der Waals surface area contributed by atoms with Crippen molar-refractivity contribution in [3.05, 3.63) is 23.2 Å². The summed E-state index contributed by atoms with van der Waals surface area (Å²) in [6, 6.07) is 5.43. The minimum atomic E-state index is -0.836. The molecule has 2 heterocycles. The van der Waals surface area contributed by atoms with Crippen molar-refractivity contribution < 1.29 is 9.59 Å². The van der Waals surface area contributed by atoms with Crippen molar-refractivity contribution in [2.24, 2.45) is 0 Å². The van der Waals surface area contributed by atoms with Crippen molar-refractivity contribution in [3.63, 3.8) is 0 Å². The number of hydrogen-bond acceptors (Lipinski definition) is 5. The Hall–Kier alpha value is -2.15. The van der Waals surface area contributed by atoms with E-state index in [0.717, 1.165) is 20.9 Å². The Balaban J connectivity index is 1.74. The van der Waals surface area contributed by atoms with E-state index in [4.69, 9.17) is 0 Å². The van der Waals surface area contributed by atoms with Crippen LogP contribution in [0.3, 0.4) is 0 Å². The van der Waals surface area contributed by atoms with E-state index in [0.29, 0.717) is 0 Å². The molecule has 0 radical (unpaired) electrons. The van der Waals surface area contributed by atoms with E-state index in [-0.39, 0.29) is 18.6 Å². The van der Waals surface area contributed by atoms with Crippen LogP contribution in [0.4, 0.5) is 10.5 Å². The molecule has 0 spiro atoms. The molecule has 2 N–H and O–H groups in total. The van der Waals surface area contributed by atoms with Crippen LogP contribution in [0.1, 0.15) is 18.9 Å². The topological polar surface area (TPSA) is 74.3 Å². The summed E-state index contributed by atoms with van der Waals surface area (Å²) in [6.07, 6.45) is 0. The standard InChI is InChI=1S/C14H16N4O2S/c1-8-16-10-5-4-9(6-11(10)21-8)15-7-18-12(19)14(2,3)17-13(18)20/h4-6,15H,7H2,1-3H3,(H,17,20). The molecular weight excluding hydrogens is 288 g/mol. The number of carbonyl (C=O) groups excluding carboxylic acids is 2. The molecule has 0 bridgehead atoms. The van der Waals surface area contributed by atoms with Gasteiger partial charge in [-0.3, -0.25) is 4.79 Å². The largest absolute Gasteiger partial charge is 0.367 e. The molecule has 0 saturated carbocycles. The maximum atomic E-state index is 12.1. The van der Waals surface area contributed by atoms with Gasteiger partial charge < -0.3 is 10.6 Å². The summed E-state index contributed by atoms with van der Waals surface area (Å²) in [5, 5.41) is 6.77. The van der Waals surface area contributed by atoms with Crippen LogP contribution in [0.25, 0.3) is 10.2 Å². The quantitative estimate of drug-likeness (QED) is 0.853. The van der Waals surface area contributed by atoms with Crippen molar-refractivity contribution in [3.8, 4) is 0 Å². The highest BCUT2D eigenvalue weighted by Gasteiger charge is 2.43. The lowest BCUT2D eigenvalue weighted by Crippen LogP contribution is -2.41. The number of benzene rings is 1. The van der Waals surface area contributed by atoms with Crippen molar-refractivity contribution in [2.45, 2.75) is 26.3 Å². The van der Waals surface area contributed by atoms with Gasteiger partial charge in [-0.2, -0.15) is 0 Å². The summed E-state index contributed by atoms with van der Waals surface area (Å²) in [5.74, 6) is -0.227. The van der Waals surface area contributed by atoms with Crippen LogP contribution < -0.4 is 10.6 Å². The number of hydrogen-bond donors (Lipinski definition) is 2. The monoisotopic (exact) mass is 304 g/mol. The number of amides is 3. The number of imide groups is 1. The van der Waals surface area contributed by atoms with E-state index >= 15 is 0 Å². The van der Waals surface area contributed by atoms with Crippen LogP contribution in [0.2, 0.25) is 0 Å². The molecule has 3 amide bonds. The Morgan fingerprint density at radius 2 is 2.14 bits per heavy atom. The first kappa shape index (κ1) is 13.8. The number of rotatable bonds is 3. The van der Waals surface area contributed by atoms with Gasteiger partial charge in [-0.15, -0.1) is 11.3 Å². The lowest BCUT2D eigenvalue weighted by atomic mass is 10.1. The lowest BCUT2D eigenvalue weighted by Gasteiger charge is -2.17. The Bertz CT molecular complexity index is 738. The van der Waals surface area contributed by atoms with E-state index in [1.807, 2.05) is 25.1 Å². The second-order valence-electron chi connectivity index (χ2n) is 5.54. The first-order valence-electron chi connectivity index (χ1n) is 6.62. The number of fused-ring (bicyclic) bond motifs is 1. The minimum absolute atomic E-state index is 0.150. The number of nitrogens with one attached hydrogen (secondary N) is 2. The summed E-state index contributed by atoms with van der Waals surface area (Å²) in [4.78, 5) is 29.4. The minimum Gasteiger partial charge on any atom is -0.367 e. The normalized spacial score (nSPS) is 17.4. The van der Waals surface area contributed by atoms with Crippen LogP contribution in [-0.2, 0) is 4.79 Å². The van der Waals surface area contributed by atoms with Crippen LogP contribution in [0.15, 0.2) is 18.2 Å². The van der Waals surface area contributed by atoms with Gasteiger partial charge in [0.25, 0.3) is 5.91 Å². The molecule has 6 nitrogen and oxygen atoms in total. The van der Waals surface area contributed by atoms with Crippen LogP contribution >= 0.6 is 11.3 Å². The van der Waals surface area contributed by atoms with Crippen molar-refractivity contribution in [1.82, 2.24) is 15.2 Å². The molecular formula is C14H16N4O2S. The van der Waals surface area contributed by atoms with Crippen molar-refractivity contribution >= 4 is 39.2 Å². The average molecular weight is 304 g/mol. The van der Waals surface area contributed by atoms with Gasteiger partial charge in [0.2, 0.25) is 0 Å². The van der Waals surface area contributed by atoms with Crippen molar-refractivity contribution in [2.75, 3.05) is 12.0 Å². The smallest absolute Gasteiger partial charge is 0.326 e. The van der Waals surface area contributed by atoms with E-state index in [1.165, 1.54) is 4.90 Å². The molecule has 1 aromatic carbocycles. The molecule has 1 saturated heterocycles. The maximum absolute atomic E-state index is 12.1. The molecule has 1 fully saturated rings. The Labute approximate surface area is 126 Å². The highest BCUT2D eigenvalue weighted by molar-refractivity contribution is 7.18. The van der Waals surface area contributed by atoms with E-state index in [9.17, 15) is 9.59 Å². The van der Waals surface area contributed by atoms with E-state index in [1.54, 1.807) is 25.2 Å². The summed E-state index contributed by atoms with van der Waals surface area (Å²) in [5.41, 5.74) is 0.980. The summed E-state index contributed by atoms with van der Waals surface area (Å²) < 4.78 is 1.08. The first-order chi connectivity index (χ1) is 9.87. The summed E-state index contributed by atoms with van der Waals surface area (Å²) in [7, 11) is 0. The van der Waals surface area contributed by atoms with Crippen molar-refractivity contribution in [1.29, 1.82) is 0 Å². The summed E-state index contributed by atoms with van der Waals surface area (Å²) >= 11 is 1.61. The zero-order chi connectivity index (χ0) is 15.2. The van der Waals surface area contributed by atoms with Gasteiger partial charge in [0.05, 0.1) is 21.9 Å². The van der Waals surface area contributed by atoms with Gasteiger partial charge in [0, 0.05) is 5.69 Å². The number of nitrogens with zero attached hydrogens (tertiary/aromatic N) is 2. The Kier molecular flexibility index (Phi) is 3.09. The average Bonchev–Trinajstić information content (AvgIpc) is 2.85. The number of urea groups is 1. The molecule has 7 heteroatoms. The maximum Gasteiger partial charge on any atom is 0.326 e. The predicted octanol–water partition coefficient (Wildman–Crippen LogP) is 2.30. The fourth-order valence-corrected chi connectivity index (χ4v) is 3.15. The fraction of sp³-hybridized carbons (Fsp3) is 0.357. The Morgan fingerprint density at radius 3 is 2.81 bits per heavy atom. The van der Waals surface area contributed by atoms with Gasteiger partial charge >= 0.3 is 6.03 Å². The third kappa shape index (κ3) is 2.44. The molecule has 1 aliphatic rings. The second-order valence-corrected chi connectivity index (χ2v) is 6.77. The first-order valence-corrected chi connectivity index (χ1v) is 7.44. The number of thiazole rings is 1. The molecule has 1 aromatic heterocycles. The fourth-order valence-electron chi connectivity index (χ4n) is 2.28. The number of anilines is 1. The zero-order valence-electron chi connectivity index (χ0n) is 12.1. The summed E-state index contributed by atoms with van der Waals surface area (Å²) in [6.45, 7) is 5.50. The van der Waals surface area contributed by atoms with E-state index < -0.39 is 5.54 Å². The molecule has 0 unspecified atom stereocenters. The van der Waals surface area contributed by atoms with Gasteiger partial charge in [-0.05, 0) is 39.0 Å². The van der Waals surface area contributed by atoms with Gasteiger partial charge in [0.15, 0.2) is 0 Å². The molecule has 0 aliphatic carbocycles. The molecule has 1 aliphatic heterocycles. The van der Waals surface area contributed by atoms with Gasteiger partial charge in [-0.1, -0.05) is 0 Å². The predicted molar refractivity (Wildman–Crippen MR) is 82.3 cm³/mol.